The third kappa shape index (κ3) is 3.58. The first-order chi connectivity index (χ1) is 9.64. The number of hydrogen-bond donors (Lipinski definition) is 0. The number of hydrogen-bond acceptors (Lipinski definition) is 4. The number of nitrogens with zero attached hydrogens (tertiary/aromatic N) is 3. The van der Waals surface area contributed by atoms with Gasteiger partial charge in [0.2, 0.25) is 5.66 Å². The van der Waals surface area contributed by atoms with Crippen molar-refractivity contribution in [3.63, 3.8) is 0 Å². The molecular weight excluding hydrogens is 290 g/mol. The van der Waals surface area contributed by atoms with Crippen molar-refractivity contribution >= 4 is 34.7 Å². The largest absolute Gasteiger partial charge is 0.202 e. The lowest BCUT2D eigenvalue weighted by molar-refractivity contribution is 0.504. The van der Waals surface area contributed by atoms with Crippen LogP contribution in [0.15, 0.2) is 69.8 Å². The molecule has 0 amide bonds. The molecule has 0 saturated carbocycles. The van der Waals surface area contributed by atoms with Gasteiger partial charge in [-0.2, -0.15) is 15.2 Å². The number of halogens is 1. The molecule has 0 aliphatic heterocycles. The average molecular weight is 302 g/mol. The zero-order chi connectivity index (χ0) is 14.4. The van der Waals surface area contributed by atoms with Crippen molar-refractivity contribution in [3.8, 4) is 0 Å². The zero-order valence-corrected chi connectivity index (χ0v) is 12.4. The Bertz CT molecular complexity index is 649. The van der Waals surface area contributed by atoms with Gasteiger partial charge in [-0.05, 0) is 43.4 Å². The number of rotatable bonds is 4. The topological polar surface area (TPSA) is 37.1 Å². The summed E-state index contributed by atoms with van der Waals surface area (Å²) < 4.78 is 0. The number of isothiocyanates is 1. The quantitative estimate of drug-likeness (QED) is 0.423. The van der Waals surface area contributed by atoms with E-state index in [1.165, 1.54) is 0 Å². The smallest absolute Gasteiger partial charge is 0.195 e. The Kier molecular flexibility index (Phi) is 4.74. The predicted molar refractivity (Wildman–Crippen MR) is 84.8 cm³/mol. The highest BCUT2D eigenvalue weighted by Gasteiger charge is 2.24. The van der Waals surface area contributed by atoms with Crippen LogP contribution in [-0.2, 0) is 5.66 Å². The van der Waals surface area contributed by atoms with Crippen molar-refractivity contribution in [2.45, 2.75) is 12.6 Å². The highest BCUT2D eigenvalue weighted by Crippen LogP contribution is 2.29. The normalized spacial score (nSPS) is 13.7. The monoisotopic (exact) mass is 301 g/mol. The van der Waals surface area contributed by atoms with Crippen LogP contribution in [0.1, 0.15) is 12.5 Å². The molecule has 1 unspecified atom stereocenters. The van der Waals surface area contributed by atoms with Gasteiger partial charge in [0.1, 0.15) is 0 Å². The van der Waals surface area contributed by atoms with Gasteiger partial charge >= 0.3 is 0 Å². The fourth-order valence-electron chi connectivity index (χ4n) is 1.65. The van der Waals surface area contributed by atoms with Crippen molar-refractivity contribution in [2.75, 3.05) is 0 Å². The molecule has 0 saturated heterocycles. The standard InChI is InChI=1S/C15H12ClN3S/c1-15(17-11-20,12-5-3-2-4-6-12)19-18-14-9-7-13(16)8-10-14/h2-10H,1H3. The maximum absolute atomic E-state index is 5.83. The first kappa shape index (κ1) is 14.5. The molecule has 0 aliphatic rings. The van der Waals surface area contributed by atoms with E-state index < -0.39 is 5.66 Å². The molecule has 0 aliphatic carbocycles. The van der Waals surface area contributed by atoms with Gasteiger partial charge in [0.15, 0.2) is 0 Å². The van der Waals surface area contributed by atoms with E-state index in [0.29, 0.717) is 10.7 Å². The fraction of sp³-hybridized carbons (Fsp3) is 0.133. The number of azo groups is 1. The van der Waals surface area contributed by atoms with Crippen LogP contribution in [0.2, 0.25) is 5.02 Å². The van der Waals surface area contributed by atoms with Crippen LogP contribution in [0.3, 0.4) is 0 Å². The van der Waals surface area contributed by atoms with Gasteiger partial charge in [-0.15, -0.1) is 0 Å². The summed E-state index contributed by atoms with van der Waals surface area (Å²) >= 11 is 10.5. The zero-order valence-electron chi connectivity index (χ0n) is 10.8. The van der Waals surface area contributed by atoms with E-state index in [1.54, 1.807) is 24.3 Å². The lowest BCUT2D eigenvalue weighted by atomic mass is 10.0. The molecule has 5 heteroatoms. The average Bonchev–Trinajstić information content (AvgIpc) is 2.48. The van der Waals surface area contributed by atoms with Gasteiger partial charge in [0.25, 0.3) is 0 Å². The first-order valence-electron chi connectivity index (χ1n) is 5.97. The molecule has 0 fully saturated rings. The molecule has 0 N–H and O–H groups in total. The van der Waals surface area contributed by atoms with Crippen molar-refractivity contribution in [1.82, 2.24) is 0 Å². The molecule has 0 spiro atoms. The van der Waals surface area contributed by atoms with Gasteiger partial charge in [0.05, 0.1) is 10.8 Å². The highest BCUT2D eigenvalue weighted by molar-refractivity contribution is 7.78. The SMILES string of the molecule is CC(N=C=S)(N=Nc1ccc(Cl)cc1)c1ccccc1. The number of aliphatic imine (C=N–C) groups is 1. The lowest BCUT2D eigenvalue weighted by Gasteiger charge is -2.17. The molecule has 2 aromatic carbocycles. The third-order valence-corrected chi connectivity index (χ3v) is 3.11. The van der Waals surface area contributed by atoms with Crippen molar-refractivity contribution < 1.29 is 0 Å². The number of benzene rings is 2. The van der Waals surface area contributed by atoms with Crippen LogP contribution in [0.4, 0.5) is 5.69 Å². The van der Waals surface area contributed by atoms with E-state index >= 15 is 0 Å². The van der Waals surface area contributed by atoms with Crippen LogP contribution in [0.25, 0.3) is 0 Å². The molecule has 20 heavy (non-hydrogen) atoms. The summed E-state index contributed by atoms with van der Waals surface area (Å²) in [4.78, 5) is 4.14. The van der Waals surface area contributed by atoms with Gasteiger partial charge in [-0.3, -0.25) is 0 Å². The third-order valence-electron chi connectivity index (χ3n) is 2.77. The summed E-state index contributed by atoms with van der Waals surface area (Å²) in [5.41, 5.74) is 0.731. The van der Waals surface area contributed by atoms with Gasteiger partial charge in [0, 0.05) is 10.6 Å². The Labute approximate surface area is 128 Å². The fourth-order valence-corrected chi connectivity index (χ4v) is 1.95. The van der Waals surface area contributed by atoms with Crippen LogP contribution in [0.5, 0.6) is 0 Å². The van der Waals surface area contributed by atoms with Crippen LogP contribution in [0, 0.1) is 0 Å². The first-order valence-corrected chi connectivity index (χ1v) is 6.76. The van der Waals surface area contributed by atoms with E-state index in [4.69, 9.17) is 23.8 Å². The molecule has 0 aromatic heterocycles. The molecular formula is C15H12ClN3S. The van der Waals surface area contributed by atoms with Gasteiger partial charge in [-0.25, -0.2) is 0 Å². The second kappa shape index (κ2) is 6.53. The highest BCUT2D eigenvalue weighted by atomic mass is 35.5. The molecule has 0 heterocycles. The molecule has 3 nitrogen and oxygen atoms in total. The van der Waals surface area contributed by atoms with E-state index in [-0.39, 0.29) is 0 Å². The summed E-state index contributed by atoms with van der Waals surface area (Å²) in [7, 11) is 0. The molecule has 100 valence electrons. The van der Waals surface area contributed by atoms with Crippen molar-refractivity contribution in [3.05, 3.63) is 65.2 Å². The summed E-state index contributed by atoms with van der Waals surface area (Å²) in [6.07, 6.45) is 0. The number of thiocarbonyl (C=S) groups is 1. The Morgan fingerprint density at radius 1 is 1.05 bits per heavy atom. The molecule has 0 radical (unpaired) electrons. The molecule has 2 aromatic rings. The van der Waals surface area contributed by atoms with Crippen LogP contribution < -0.4 is 0 Å². The maximum Gasteiger partial charge on any atom is 0.202 e. The summed E-state index contributed by atoms with van der Waals surface area (Å²) in [6.45, 7) is 1.83. The molecule has 2 rings (SSSR count). The minimum atomic E-state index is -0.872. The van der Waals surface area contributed by atoms with Crippen LogP contribution in [-0.4, -0.2) is 5.16 Å². The van der Waals surface area contributed by atoms with Gasteiger partial charge < -0.3 is 0 Å². The van der Waals surface area contributed by atoms with E-state index in [0.717, 1.165) is 5.56 Å². The molecule has 0 bridgehead atoms. The van der Waals surface area contributed by atoms with Crippen molar-refractivity contribution in [1.29, 1.82) is 0 Å². The Balaban J connectivity index is 2.34. The van der Waals surface area contributed by atoms with Crippen LogP contribution >= 0.6 is 23.8 Å². The van der Waals surface area contributed by atoms with E-state index in [1.807, 2.05) is 37.3 Å². The Morgan fingerprint density at radius 2 is 1.70 bits per heavy atom. The van der Waals surface area contributed by atoms with Gasteiger partial charge in [-0.1, -0.05) is 41.9 Å². The predicted octanol–water partition coefficient (Wildman–Crippen LogP) is 5.40. The summed E-state index contributed by atoms with van der Waals surface area (Å²) in [5, 5.41) is 11.5. The van der Waals surface area contributed by atoms with E-state index in [2.05, 4.69) is 20.4 Å². The minimum absolute atomic E-state index is 0.659. The second-order valence-corrected chi connectivity index (χ2v) is 4.89. The summed E-state index contributed by atoms with van der Waals surface area (Å²) in [5.74, 6) is 0. The summed E-state index contributed by atoms with van der Waals surface area (Å²) in [6, 6.07) is 16.7. The maximum atomic E-state index is 5.83. The minimum Gasteiger partial charge on any atom is -0.195 e. The lowest BCUT2D eigenvalue weighted by Crippen LogP contribution is -2.14. The van der Waals surface area contributed by atoms with E-state index in [9.17, 15) is 0 Å². The second-order valence-electron chi connectivity index (χ2n) is 4.27. The Morgan fingerprint density at radius 3 is 2.30 bits per heavy atom. The molecule has 1 atom stereocenters. The van der Waals surface area contributed by atoms with Crippen molar-refractivity contribution in [2.24, 2.45) is 15.2 Å². The Hall–Kier alpha value is -1.87.